The largest absolute Gasteiger partial charge is 0.328 e. The second-order valence-electron chi connectivity index (χ2n) is 6.80. The second-order valence-corrected chi connectivity index (χ2v) is 9.07. The van der Waals surface area contributed by atoms with E-state index in [4.69, 9.17) is 11.6 Å². The van der Waals surface area contributed by atoms with Crippen molar-refractivity contribution >= 4 is 73.2 Å². The SMILES string of the molecule is CCN1C(=O)/C(=C/c2ccc3c(c2)n(C)c(=O)n3C)SC1=Nc1ccc(Br)c(Cl)c1. The molecule has 4 rings (SSSR count). The van der Waals surface area contributed by atoms with Gasteiger partial charge < -0.3 is 0 Å². The number of imidazole rings is 1. The number of amides is 1. The fourth-order valence-electron chi connectivity index (χ4n) is 3.30. The number of thioether (sulfide) groups is 1. The highest BCUT2D eigenvalue weighted by atomic mass is 79.9. The van der Waals surface area contributed by atoms with Crippen molar-refractivity contribution in [1.82, 2.24) is 14.0 Å². The van der Waals surface area contributed by atoms with E-state index in [9.17, 15) is 9.59 Å². The summed E-state index contributed by atoms with van der Waals surface area (Å²) in [6.45, 7) is 2.43. The quantitative estimate of drug-likeness (QED) is 0.475. The van der Waals surface area contributed by atoms with Crippen molar-refractivity contribution in [1.29, 1.82) is 0 Å². The predicted octanol–water partition coefficient (Wildman–Crippen LogP) is 4.92. The smallest absolute Gasteiger partial charge is 0.295 e. The van der Waals surface area contributed by atoms with Gasteiger partial charge in [-0.05, 0) is 76.6 Å². The van der Waals surface area contributed by atoms with E-state index in [0.29, 0.717) is 27.3 Å². The summed E-state index contributed by atoms with van der Waals surface area (Å²) in [6, 6.07) is 11.1. The number of hydrogen-bond donors (Lipinski definition) is 0. The first kappa shape index (κ1) is 21.0. The number of halogens is 2. The first-order valence-electron chi connectivity index (χ1n) is 9.20. The summed E-state index contributed by atoms with van der Waals surface area (Å²) in [4.78, 5) is 31.9. The number of aromatic nitrogens is 2. The number of rotatable bonds is 3. The number of fused-ring (bicyclic) bond motifs is 1. The molecule has 0 unspecified atom stereocenters. The molecule has 1 fully saturated rings. The minimum Gasteiger partial charge on any atom is -0.295 e. The lowest BCUT2D eigenvalue weighted by atomic mass is 10.2. The van der Waals surface area contributed by atoms with Gasteiger partial charge in [-0.15, -0.1) is 0 Å². The first-order valence-corrected chi connectivity index (χ1v) is 11.2. The molecular formula is C21H18BrClN4O2S. The van der Waals surface area contributed by atoms with Gasteiger partial charge in [-0.2, -0.15) is 0 Å². The molecule has 30 heavy (non-hydrogen) atoms. The van der Waals surface area contributed by atoms with Crippen molar-refractivity contribution in [3.8, 4) is 0 Å². The summed E-state index contributed by atoms with van der Waals surface area (Å²) in [7, 11) is 3.49. The minimum atomic E-state index is -0.0912. The Hall–Kier alpha value is -2.29. The van der Waals surface area contributed by atoms with E-state index in [0.717, 1.165) is 21.1 Å². The van der Waals surface area contributed by atoms with Gasteiger partial charge in [0.1, 0.15) is 0 Å². The molecule has 0 bridgehead atoms. The van der Waals surface area contributed by atoms with Gasteiger partial charge in [-0.25, -0.2) is 9.79 Å². The lowest BCUT2D eigenvalue weighted by Gasteiger charge is -2.12. The fourth-order valence-corrected chi connectivity index (χ4v) is 4.78. The molecule has 1 amide bonds. The number of carbonyl (C=O) groups excluding carboxylic acids is 1. The summed E-state index contributed by atoms with van der Waals surface area (Å²) in [5, 5.41) is 1.17. The molecule has 1 aromatic heterocycles. The van der Waals surface area contributed by atoms with Crippen LogP contribution in [-0.2, 0) is 18.9 Å². The topological polar surface area (TPSA) is 59.6 Å². The average Bonchev–Trinajstić information content (AvgIpc) is 3.13. The van der Waals surface area contributed by atoms with Crippen LogP contribution in [0.2, 0.25) is 5.02 Å². The molecule has 0 atom stereocenters. The second kappa shape index (κ2) is 8.09. The summed E-state index contributed by atoms with van der Waals surface area (Å²) >= 11 is 10.9. The van der Waals surface area contributed by atoms with E-state index in [1.807, 2.05) is 43.3 Å². The number of amidine groups is 1. The van der Waals surface area contributed by atoms with Gasteiger partial charge in [0, 0.05) is 25.1 Å². The maximum Gasteiger partial charge on any atom is 0.328 e. The molecule has 1 aliphatic heterocycles. The standard InChI is InChI=1S/C21H18BrClN4O2S/c1-4-27-19(28)18(30-20(27)24-13-6-7-14(22)15(23)11-13)10-12-5-8-16-17(9-12)26(3)21(29)25(16)2/h5-11H,4H2,1-3H3/b18-10-,24-20?. The summed E-state index contributed by atoms with van der Waals surface area (Å²) in [5.74, 6) is -0.0912. The van der Waals surface area contributed by atoms with Crippen LogP contribution >= 0.6 is 39.3 Å². The highest BCUT2D eigenvalue weighted by molar-refractivity contribution is 9.10. The van der Waals surface area contributed by atoms with Crippen molar-refractivity contribution in [2.24, 2.45) is 19.1 Å². The van der Waals surface area contributed by atoms with Crippen molar-refractivity contribution in [2.45, 2.75) is 6.92 Å². The molecule has 2 heterocycles. The Bertz CT molecular complexity index is 1310. The third-order valence-corrected chi connectivity index (χ3v) is 7.17. The van der Waals surface area contributed by atoms with Gasteiger partial charge in [0.25, 0.3) is 5.91 Å². The first-order chi connectivity index (χ1) is 14.3. The Morgan fingerprint density at radius 2 is 1.83 bits per heavy atom. The fraction of sp³-hybridized carbons (Fsp3) is 0.190. The van der Waals surface area contributed by atoms with Crippen molar-refractivity contribution in [3.63, 3.8) is 0 Å². The summed E-state index contributed by atoms with van der Waals surface area (Å²) < 4.78 is 4.00. The van der Waals surface area contributed by atoms with Crippen LogP contribution in [0, 0.1) is 0 Å². The number of likely N-dealkylation sites (N-methyl/N-ethyl adjacent to an activating group) is 1. The average molecular weight is 506 g/mol. The minimum absolute atomic E-state index is 0.0825. The van der Waals surface area contributed by atoms with Crippen LogP contribution in [0.25, 0.3) is 17.1 Å². The maximum atomic E-state index is 12.9. The molecule has 0 aliphatic carbocycles. The van der Waals surface area contributed by atoms with Crippen LogP contribution in [0.15, 0.2) is 55.6 Å². The summed E-state index contributed by atoms with van der Waals surface area (Å²) in [5.41, 5.74) is 3.11. The molecule has 2 aromatic carbocycles. The lowest BCUT2D eigenvalue weighted by molar-refractivity contribution is -0.122. The Kier molecular flexibility index (Phi) is 5.65. The predicted molar refractivity (Wildman–Crippen MR) is 127 cm³/mol. The Labute approximate surface area is 191 Å². The lowest BCUT2D eigenvalue weighted by Crippen LogP contribution is -2.28. The van der Waals surface area contributed by atoms with Crippen LogP contribution in [0.5, 0.6) is 0 Å². The molecule has 0 spiro atoms. The molecule has 9 heteroatoms. The third-order valence-electron chi connectivity index (χ3n) is 4.93. The number of aryl methyl sites for hydroxylation is 2. The van der Waals surface area contributed by atoms with Crippen LogP contribution < -0.4 is 5.69 Å². The molecule has 6 nitrogen and oxygen atoms in total. The molecule has 1 aliphatic rings. The van der Waals surface area contributed by atoms with Crippen molar-refractivity contribution in [2.75, 3.05) is 6.54 Å². The Morgan fingerprint density at radius 3 is 2.53 bits per heavy atom. The number of hydrogen-bond acceptors (Lipinski definition) is 4. The zero-order chi connectivity index (χ0) is 21.6. The number of nitrogens with zero attached hydrogens (tertiary/aromatic N) is 4. The molecule has 3 aromatic rings. The molecule has 0 N–H and O–H groups in total. The van der Waals surface area contributed by atoms with Crippen LogP contribution in [-0.4, -0.2) is 31.7 Å². The molecule has 0 radical (unpaired) electrons. The highest BCUT2D eigenvalue weighted by Gasteiger charge is 2.32. The van der Waals surface area contributed by atoms with E-state index in [2.05, 4.69) is 20.9 Å². The zero-order valence-electron chi connectivity index (χ0n) is 16.5. The van der Waals surface area contributed by atoms with Crippen LogP contribution in [0.3, 0.4) is 0 Å². The van der Waals surface area contributed by atoms with Gasteiger partial charge in [0.05, 0.1) is 26.6 Å². The zero-order valence-corrected chi connectivity index (χ0v) is 19.7. The van der Waals surface area contributed by atoms with Crippen LogP contribution in [0.4, 0.5) is 5.69 Å². The molecule has 0 saturated carbocycles. The normalized spacial score (nSPS) is 17.1. The summed E-state index contributed by atoms with van der Waals surface area (Å²) in [6.07, 6.45) is 1.84. The maximum absolute atomic E-state index is 12.9. The van der Waals surface area contributed by atoms with Gasteiger partial charge in [0.15, 0.2) is 5.17 Å². The molecular weight excluding hydrogens is 488 g/mol. The number of carbonyl (C=O) groups is 1. The monoisotopic (exact) mass is 504 g/mol. The highest BCUT2D eigenvalue weighted by Crippen LogP contribution is 2.35. The van der Waals surface area contributed by atoms with E-state index < -0.39 is 0 Å². The number of benzene rings is 2. The van der Waals surface area contributed by atoms with Crippen molar-refractivity contribution < 1.29 is 4.79 Å². The van der Waals surface area contributed by atoms with E-state index in [1.165, 1.54) is 11.8 Å². The Morgan fingerprint density at radius 1 is 1.10 bits per heavy atom. The number of aliphatic imine (C=N–C) groups is 1. The third kappa shape index (κ3) is 3.64. The van der Waals surface area contributed by atoms with Gasteiger partial charge in [0.2, 0.25) is 0 Å². The van der Waals surface area contributed by atoms with Crippen LogP contribution in [0.1, 0.15) is 12.5 Å². The Balaban J connectivity index is 1.72. The van der Waals surface area contributed by atoms with Gasteiger partial charge >= 0.3 is 5.69 Å². The molecule has 154 valence electrons. The van der Waals surface area contributed by atoms with E-state index in [-0.39, 0.29) is 11.6 Å². The molecule has 1 saturated heterocycles. The van der Waals surface area contributed by atoms with Gasteiger partial charge in [-0.1, -0.05) is 17.7 Å². The van der Waals surface area contributed by atoms with Gasteiger partial charge in [-0.3, -0.25) is 18.8 Å². The van der Waals surface area contributed by atoms with E-state index >= 15 is 0 Å². The van der Waals surface area contributed by atoms with E-state index in [1.54, 1.807) is 34.2 Å². The van der Waals surface area contributed by atoms with Crippen molar-refractivity contribution in [3.05, 3.63) is 66.8 Å².